The van der Waals surface area contributed by atoms with E-state index in [0.717, 1.165) is 30.9 Å². The number of hydrogen-bond donors (Lipinski definition) is 0. The van der Waals surface area contributed by atoms with Crippen LogP contribution in [0.3, 0.4) is 0 Å². The Bertz CT molecular complexity index is 462. The first-order valence-corrected chi connectivity index (χ1v) is 7.35. The van der Waals surface area contributed by atoms with Crippen molar-refractivity contribution >= 4 is 11.8 Å². The molecule has 0 amide bonds. The van der Waals surface area contributed by atoms with Gasteiger partial charge < -0.3 is 9.64 Å². The van der Waals surface area contributed by atoms with Crippen LogP contribution in [0.1, 0.15) is 45.2 Å². The Labute approximate surface area is 120 Å². The lowest BCUT2D eigenvalue weighted by atomic mass is 9.98. The van der Waals surface area contributed by atoms with Crippen LogP contribution >= 0.6 is 0 Å². The van der Waals surface area contributed by atoms with Gasteiger partial charge in [-0.25, -0.2) is 9.97 Å². The quantitative estimate of drug-likeness (QED) is 0.791. The van der Waals surface area contributed by atoms with Crippen molar-refractivity contribution in [3.63, 3.8) is 0 Å². The Hall–Kier alpha value is -1.65. The molecule has 0 bridgehead atoms. The summed E-state index contributed by atoms with van der Waals surface area (Å²) in [5, 5.41) is 0. The van der Waals surface area contributed by atoms with Gasteiger partial charge in [-0.1, -0.05) is 13.8 Å². The molecule has 1 aliphatic heterocycles. The van der Waals surface area contributed by atoms with Crippen LogP contribution in [0.2, 0.25) is 0 Å². The lowest BCUT2D eigenvalue weighted by Crippen LogP contribution is -2.39. The number of esters is 1. The van der Waals surface area contributed by atoms with Gasteiger partial charge in [-0.2, -0.15) is 0 Å². The molecule has 1 saturated heterocycles. The number of aromatic nitrogens is 2. The average molecular weight is 277 g/mol. The van der Waals surface area contributed by atoms with Crippen LogP contribution in [0.15, 0.2) is 12.4 Å². The predicted molar refractivity (Wildman–Crippen MR) is 77.7 cm³/mol. The number of anilines is 1. The molecule has 0 saturated carbocycles. The van der Waals surface area contributed by atoms with Gasteiger partial charge in [0, 0.05) is 24.8 Å². The first kappa shape index (κ1) is 14.8. The first-order valence-electron chi connectivity index (χ1n) is 7.35. The van der Waals surface area contributed by atoms with Crippen molar-refractivity contribution in [2.45, 2.75) is 39.5 Å². The monoisotopic (exact) mass is 277 g/mol. The molecule has 0 aliphatic carbocycles. The van der Waals surface area contributed by atoms with Crippen molar-refractivity contribution in [3.8, 4) is 0 Å². The normalized spacial score (nSPS) is 19.2. The summed E-state index contributed by atoms with van der Waals surface area (Å²) in [7, 11) is 0. The summed E-state index contributed by atoms with van der Waals surface area (Å²) >= 11 is 0. The van der Waals surface area contributed by atoms with Crippen molar-refractivity contribution in [3.05, 3.63) is 18.1 Å². The SMILES string of the molecule is CCOC(=O)C1CCCN(c2cc(C(C)C)ncn2)C1. The van der Waals surface area contributed by atoms with Gasteiger partial charge in [-0.3, -0.25) is 4.79 Å². The van der Waals surface area contributed by atoms with Gasteiger partial charge in [0.05, 0.1) is 12.5 Å². The largest absolute Gasteiger partial charge is 0.466 e. The van der Waals surface area contributed by atoms with E-state index in [0.29, 0.717) is 19.1 Å². The van der Waals surface area contributed by atoms with Crippen LogP contribution < -0.4 is 4.90 Å². The third kappa shape index (κ3) is 3.46. The summed E-state index contributed by atoms with van der Waals surface area (Å²) in [4.78, 5) is 22.7. The molecule has 2 heterocycles. The van der Waals surface area contributed by atoms with Crippen molar-refractivity contribution in [1.82, 2.24) is 9.97 Å². The van der Waals surface area contributed by atoms with Crippen molar-refractivity contribution in [2.24, 2.45) is 5.92 Å². The maximum Gasteiger partial charge on any atom is 0.310 e. The van der Waals surface area contributed by atoms with Crippen molar-refractivity contribution in [1.29, 1.82) is 0 Å². The van der Waals surface area contributed by atoms with Gasteiger partial charge in [0.1, 0.15) is 12.1 Å². The summed E-state index contributed by atoms with van der Waals surface area (Å²) in [5.74, 6) is 1.16. The van der Waals surface area contributed by atoms with Gasteiger partial charge in [-0.05, 0) is 25.7 Å². The van der Waals surface area contributed by atoms with Gasteiger partial charge in [-0.15, -0.1) is 0 Å². The molecule has 1 unspecified atom stereocenters. The third-order valence-corrected chi connectivity index (χ3v) is 3.63. The second-order valence-corrected chi connectivity index (χ2v) is 5.49. The fraction of sp³-hybridized carbons (Fsp3) is 0.667. The molecule has 0 N–H and O–H groups in total. The molecule has 1 atom stereocenters. The van der Waals surface area contributed by atoms with Gasteiger partial charge in [0.2, 0.25) is 0 Å². The topological polar surface area (TPSA) is 55.3 Å². The molecule has 5 heteroatoms. The van der Waals surface area contributed by atoms with E-state index >= 15 is 0 Å². The van der Waals surface area contributed by atoms with E-state index in [-0.39, 0.29) is 11.9 Å². The number of carbonyl (C=O) groups is 1. The van der Waals surface area contributed by atoms with Crippen LogP contribution in [-0.2, 0) is 9.53 Å². The molecule has 110 valence electrons. The summed E-state index contributed by atoms with van der Waals surface area (Å²) in [6, 6.07) is 2.03. The van der Waals surface area contributed by atoms with Crippen molar-refractivity contribution < 1.29 is 9.53 Å². The van der Waals surface area contributed by atoms with Crippen LogP contribution in [0.5, 0.6) is 0 Å². The molecule has 0 radical (unpaired) electrons. The smallest absolute Gasteiger partial charge is 0.310 e. The molecular weight excluding hydrogens is 254 g/mol. The van der Waals surface area contributed by atoms with Crippen LogP contribution in [0.25, 0.3) is 0 Å². The second-order valence-electron chi connectivity index (χ2n) is 5.49. The second kappa shape index (κ2) is 6.68. The summed E-state index contributed by atoms with van der Waals surface area (Å²) in [6.07, 6.45) is 3.50. The van der Waals surface area contributed by atoms with Gasteiger partial charge >= 0.3 is 5.97 Å². The summed E-state index contributed by atoms with van der Waals surface area (Å²) < 4.78 is 5.13. The highest BCUT2D eigenvalue weighted by Gasteiger charge is 2.27. The fourth-order valence-electron chi connectivity index (χ4n) is 2.49. The number of ether oxygens (including phenoxy) is 1. The van der Waals surface area contributed by atoms with E-state index in [4.69, 9.17) is 4.74 Å². The molecular formula is C15H23N3O2. The maximum absolute atomic E-state index is 11.9. The minimum absolute atomic E-state index is 0.0406. The molecule has 1 aliphatic rings. The lowest BCUT2D eigenvalue weighted by Gasteiger charge is -2.32. The molecule has 1 aromatic rings. The highest BCUT2D eigenvalue weighted by molar-refractivity contribution is 5.73. The lowest BCUT2D eigenvalue weighted by molar-refractivity contribution is -0.148. The minimum Gasteiger partial charge on any atom is -0.466 e. The van der Waals surface area contributed by atoms with Crippen LogP contribution in [0, 0.1) is 5.92 Å². The van der Waals surface area contributed by atoms with E-state index in [1.54, 1.807) is 6.33 Å². The molecule has 0 aromatic carbocycles. The zero-order chi connectivity index (χ0) is 14.5. The highest BCUT2D eigenvalue weighted by Crippen LogP contribution is 2.24. The number of hydrogen-bond acceptors (Lipinski definition) is 5. The summed E-state index contributed by atoms with van der Waals surface area (Å²) in [6.45, 7) is 8.14. The minimum atomic E-state index is -0.0876. The zero-order valence-electron chi connectivity index (χ0n) is 12.5. The maximum atomic E-state index is 11.9. The van der Waals surface area contributed by atoms with E-state index < -0.39 is 0 Å². The average Bonchev–Trinajstić information content (AvgIpc) is 2.48. The number of nitrogens with zero attached hydrogens (tertiary/aromatic N) is 3. The van der Waals surface area contributed by atoms with Crippen molar-refractivity contribution in [2.75, 3.05) is 24.6 Å². The molecule has 1 aromatic heterocycles. The Kier molecular flexibility index (Phi) is 4.93. The number of rotatable bonds is 4. The molecule has 20 heavy (non-hydrogen) atoms. The summed E-state index contributed by atoms with van der Waals surface area (Å²) in [5.41, 5.74) is 1.04. The predicted octanol–water partition coefficient (Wildman–Crippen LogP) is 2.38. The Morgan fingerprint density at radius 2 is 2.30 bits per heavy atom. The molecule has 5 nitrogen and oxygen atoms in total. The standard InChI is InChI=1S/C15H23N3O2/c1-4-20-15(19)12-6-5-7-18(9-12)14-8-13(11(2)3)16-10-17-14/h8,10-12H,4-7,9H2,1-3H3. The van der Waals surface area contributed by atoms with Crippen LogP contribution in [-0.4, -0.2) is 35.6 Å². The zero-order valence-corrected chi connectivity index (χ0v) is 12.5. The Morgan fingerprint density at radius 1 is 1.50 bits per heavy atom. The number of piperidine rings is 1. The van der Waals surface area contributed by atoms with Gasteiger partial charge in [0.15, 0.2) is 0 Å². The Morgan fingerprint density at radius 3 is 3.00 bits per heavy atom. The van der Waals surface area contributed by atoms with E-state index in [1.807, 2.05) is 13.0 Å². The Balaban J connectivity index is 2.08. The van der Waals surface area contributed by atoms with E-state index in [9.17, 15) is 4.79 Å². The molecule has 2 rings (SSSR count). The molecule has 1 fully saturated rings. The number of carbonyl (C=O) groups excluding carboxylic acids is 1. The molecule has 0 spiro atoms. The highest BCUT2D eigenvalue weighted by atomic mass is 16.5. The third-order valence-electron chi connectivity index (χ3n) is 3.63. The van der Waals surface area contributed by atoms with Gasteiger partial charge in [0.25, 0.3) is 0 Å². The van der Waals surface area contributed by atoms with Crippen LogP contribution in [0.4, 0.5) is 5.82 Å². The van der Waals surface area contributed by atoms with E-state index in [2.05, 4.69) is 28.7 Å². The fourth-order valence-corrected chi connectivity index (χ4v) is 2.49. The van der Waals surface area contributed by atoms with E-state index in [1.165, 1.54) is 0 Å². The first-order chi connectivity index (χ1) is 9.61.